The van der Waals surface area contributed by atoms with Crippen molar-refractivity contribution in [1.82, 2.24) is 15.0 Å². The maximum atomic E-state index is 14.1. The summed E-state index contributed by atoms with van der Waals surface area (Å²) in [7, 11) is 0.201. The average Bonchev–Trinajstić information content (AvgIpc) is 3.54. The first kappa shape index (κ1) is 31.8. The molecular formula is C31H28Cl2F3N3O5S. The molecule has 4 aromatic rings. The molecule has 2 fully saturated rings. The molecule has 3 unspecified atom stereocenters. The molecule has 0 spiro atoms. The lowest BCUT2D eigenvalue weighted by atomic mass is 10.00. The lowest BCUT2D eigenvalue weighted by Crippen LogP contribution is -2.55. The van der Waals surface area contributed by atoms with Crippen LogP contribution in [-0.4, -0.2) is 64.0 Å². The van der Waals surface area contributed by atoms with Gasteiger partial charge in [-0.25, -0.2) is 33.5 Å². The molecule has 2 aliphatic rings. The van der Waals surface area contributed by atoms with Gasteiger partial charge < -0.3 is 18.9 Å². The number of esters is 1. The van der Waals surface area contributed by atoms with E-state index in [4.69, 9.17) is 42.1 Å². The summed E-state index contributed by atoms with van der Waals surface area (Å²) in [6, 6.07) is 15.9. The summed E-state index contributed by atoms with van der Waals surface area (Å²) < 4.78 is 67.7. The summed E-state index contributed by atoms with van der Waals surface area (Å²) in [6.45, 7) is 1.91. The molecule has 0 radical (unpaired) electrons. The van der Waals surface area contributed by atoms with Gasteiger partial charge in [0.15, 0.2) is 29.8 Å². The van der Waals surface area contributed by atoms with E-state index in [1.54, 1.807) is 13.0 Å². The zero-order chi connectivity index (χ0) is 31.8. The zero-order valence-electron chi connectivity index (χ0n) is 23.9. The number of thiol groups is 1. The van der Waals surface area contributed by atoms with Gasteiger partial charge in [0, 0.05) is 22.1 Å². The van der Waals surface area contributed by atoms with Gasteiger partial charge in [-0.05, 0) is 42.2 Å². The second-order valence-electron chi connectivity index (χ2n) is 10.7. The van der Waals surface area contributed by atoms with Crippen molar-refractivity contribution in [2.45, 2.75) is 47.7 Å². The summed E-state index contributed by atoms with van der Waals surface area (Å²) >= 11 is 12.7. The van der Waals surface area contributed by atoms with Crippen LogP contribution in [0.25, 0.3) is 11.3 Å². The number of rotatable bonds is 7. The molecule has 0 bridgehead atoms. The fourth-order valence-electron chi connectivity index (χ4n) is 5.71. The van der Waals surface area contributed by atoms with Gasteiger partial charge in [0.1, 0.15) is 11.7 Å². The van der Waals surface area contributed by atoms with Crippen molar-refractivity contribution < 1.29 is 36.9 Å². The van der Waals surface area contributed by atoms with Gasteiger partial charge in [-0.3, -0.25) is 0 Å². The van der Waals surface area contributed by atoms with Crippen molar-refractivity contribution in [3.05, 3.63) is 99.9 Å². The predicted octanol–water partition coefficient (Wildman–Crippen LogP) is 6.71. The second-order valence-corrected chi connectivity index (χ2v) is 14.0. The van der Waals surface area contributed by atoms with Crippen LogP contribution >= 0.6 is 34.1 Å². The Kier molecular flexibility index (Phi) is 9.42. The summed E-state index contributed by atoms with van der Waals surface area (Å²) in [5.74, 6) is -4.41. The topological polar surface area (TPSA) is 84.7 Å². The van der Waals surface area contributed by atoms with Gasteiger partial charge in [-0.2, -0.15) is 0 Å². The number of ether oxygens (including phenoxy) is 4. The van der Waals surface area contributed by atoms with E-state index in [9.17, 15) is 18.0 Å². The maximum Gasteiger partial charge on any atom is 0.334 e. The van der Waals surface area contributed by atoms with Crippen molar-refractivity contribution >= 4 is 40.1 Å². The van der Waals surface area contributed by atoms with Crippen LogP contribution in [-0.2, 0) is 23.7 Å². The van der Waals surface area contributed by atoms with Crippen molar-refractivity contribution in [3.8, 4) is 11.3 Å². The largest absolute Gasteiger partial charge is 0.467 e. The third kappa shape index (κ3) is 6.45. The summed E-state index contributed by atoms with van der Waals surface area (Å²) in [5.41, 5.74) is 0.905. The lowest BCUT2D eigenvalue weighted by molar-refractivity contribution is -0.236. The SMILES string of the molecule is COC(=O)C(C)O[C@H]1C[SH](c2ccc(Cl)c(Cl)c2)[C@@H]2COC(c3ccccc3)O[C@@H]2[C@H]1n1cc(-c2cc(F)c(F)c(F)c2)nn1. The molecule has 3 aromatic carbocycles. The highest BCUT2D eigenvalue weighted by molar-refractivity contribution is 8.17. The fourth-order valence-corrected chi connectivity index (χ4v) is 9.07. The fraction of sp³-hybridized carbons (Fsp3) is 0.323. The highest BCUT2D eigenvalue weighted by Crippen LogP contribution is 2.55. The molecule has 1 aromatic heterocycles. The third-order valence-corrected chi connectivity index (χ3v) is 11.6. The molecule has 0 amide bonds. The molecule has 2 saturated heterocycles. The Hall–Kier alpha value is -3.13. The number of hydrogen-bond donors (Lipinski definition) is 1. The van der Waals surface area contributed by atoms with E-state index in [-0.39, 0.29) is 16.5 Å². The normalized spacial score (nSPS) is 26.2. The van der Waals surface area contributed by atoms with E-state index in [0.717, 1.165) is 22.6 Å². The van der Waals surface area contributed by atoms with E-state index in [1.165, 1.54) is 18.0 Å². The third-order valence-electron chi connectivity index (χ3n) is 7.89. The Morgan fingerprint density at radius 2 is 1.80 bits per heavy atom. The molecule has 0 saturated carbocycles. The van der Waals surface area contributed by atoms with Gasteiger partial charge in [0.05, 0.1) is 42.2 Å². The van der Waals surface area contributed by atoms with Crippen molar-refractivity contribution in [2.75, 3.05) is 19.5 Å². The van der Waals surface area contributed by atoms with E-state index < -0.39 is 65.0 Å². The summed E-state index contributed by atoms with van der Waals surface area (Å²) in [5, 5.41) is 9.08. The minimum Gasteiger partial charge on any atom is -0.467 e. The van der Waals surface area contributed by atoms with Crippen LogP contribution < -0.4 is 0 Å². The molecule has 3 heterocycles. The summed E-state index contributed by atoms with van der Waals surface area (Å²) in [4.78, 5) is 13.4. The average molecular weight is 683 g/mol. The van der Waals surface area contributed by atoms with Crippen LogP contribution in [0.15, 0.2) is 71.8 Å². The number of fused-ring (bicyclic) bond motifs is 1. The minimum atomic E-state index is -1.58. The first-order valence-corrected chi connectivity index (χ1v) is 16.3. The molecule has 2 aliphatic heterocycles. The molecule has 7 atom stereocenters. The van der Waals surface area contributed by atoms with E-state index >= 15 is 0 Å². The van der Waals surface area contributed by atoms with Gasteiger partial charge in [0.2, 0.25) is 0 Å². The maximum absolute atomic E-state index is 14.1. The highest BCUT2D eigenvalue weighted by atomic mass is 35.5. The zero-order valence-corrected chi connectivity index (χ0v) is 26.4. The van der Waals surface area contributed by atoms with Crippen molar-refractivity contribution in [2.24, 2.45) is 0 Å². The molecular weight excluding hydrogens is 654 g/mol. The van der Waals surface area contributed by atoms with Gasteiger partial charge in [-0.1, -0.05) is 58.7 Å². The Morgan fingerprint density at radius 1 is 1.07 bits per heavy atom. The number of nitrogens with zero attached hydrogens (tertiary/aromatic N) is 3. The van der Waals surface area contributed by atoms with Crippen LogP contribution in [0.1, 0.15) is 24.8 Å². The number of aromatic nitrogens is 3. The van der Waals surface area contributed by atoms with Crippen LogP contribution in [0.4, 0.5) is 13.2 Å². The molecule has 14 heteroatoms. The molecule has 6 rings (SSSR count). The first-order valence-electron chi connectivity index (χ1n) is 14.0. The quantitative estimate of drug-likeness (QED) is 0.132. The van der Waals surface area contributed by atoms with Crippen LogP contribution in [0.5, 0.6) is 0 Å². The van der Waals surface area contributed by atoms with E-state index in [0.29, 0.717) is 22.4 Å². The van der Waals surface area contributed by atoms with Crippen LogP contribution in [0.2, 0.25) is 10.0 Å². The minimum absolute atomic E-state index is 0.00137. The monoisotopic (exact) mass is 681 g/mol. The molecule has 0 N–H and O–H groups in total. The van der Waals surface area contributed by atoms with Gasteiger partial charge in [-0.15, -0.1) is 5.10 Å². The standard InChI is InChI=1S/C31H28Cl2F3N3O5S/c1-16(30(40)41-2)43-25-15-45(19-8-9-20(32)21(33)12-19)26-14-42-31(17-6-4-3-5-7-17)44-29(26)28(25)39-13-24(37-38-39)18-10-22(34)27(36)23(35)11-18/h3-13,16,25-26,28-29,31,45H,14-15H2,1-2H3/t16?,25-,26+,28-,29-,31?/m0/s1. The second kappa shape index (κ2) is 13.3. The van der Waals surface area contributed by atoms with Crippen LogP contribution in [0.3, 0.4) is 0 Å². The Balaban J connectivity index is 1.44. The Bertz CT molecular complexity index is 1680. The Morgan fingerprint density at radius 3 is 2.49 bits per heavy atom. The lowest BCUT2D eigenvalue weighted by Gasteiger charge is -2.52. The Labute approximate surface area is 269 Å². The smallest absolute Gasteiger partial charge is 0.334 e. The number of benzene rings is 3. The number of hydrogen-bond acceptors (Lipinski definition) is 7. The summed E-state index contributed by atoms with van der Waals surface area (Å²) in [6.07, 6.45) is -1.44. The highest BCUT2D eigenvalue weighted by Gasteiger charge is 2.51. The van der Waals surface area contributed by atoms with Gasteiger partial charge >= 0.3 is 5.97 Å². The van der Waals surface area contributed by atoms with E-state index in [2.05, 4.69) is 10.3 Å². The number of halogens is 5. The van der Waals surface area contributed by atoms with Crippen molar-refractivity contribution in [3.63, 3.8) is 0 Å². The predicted molar refractivity (Wildman–Crippen MR) is 163 cm³/mol. The van der Waals surface area contributed by atoms with Crippen molar-refractivity contribution in [1.29, 1.82) is 0 Å². The molecule has 0 aliphatic carbocycles. The molecule has 8 nitrogen and oxygen atoms in total. The number of carbonyl (C=O) groups is 1. The number of methoxy groups -OCH3 is 1. The first-order chi connectivity index (χ1) is 21.6. The van der Waals surface area contributed by atoms with Crippen LogP contribution in [0, 0.1) is 17.5 Å². The molecule has 45 heavy (non-hydrogen) atoms. The molecule has 238 valence electrons. The number of carbonyl (C=O) groups excluding carboxylic acids is 1. The van der Waals surface area contributed by atoms with Gasteiger partial charge in [0.25, 0.3) is 0 Å². The van der Waals surface area contributed by atoms with E-state index in [1.807, 2.05) is 42.5 Å².